The molecule has 0 spiro atoms. The highest BCUT2D eigenvalue weighted by Gasteiger charge is 2.28. The summed E-state index contributed by atoms with van der Waals surface area (Å²) in [6.45, 7) is 8.48. The quantitative estimate of drug-likeness (QED) is 0.669. The van der Waals surface area contributed by atoms with Gasteiger partial charge in [-0.15, -0.1) is 0 Å². The number of fused-ring (bicyclic) bond motifs is 1. The van der Waals surface area contributed by atoms with Crippen molar-refractivity contribution in [3.8, 4) is 5.75 Å². The third-order valence-electron chi connectivity index (χ3n) is 5.76. The molecule has 30 heavy (non-hydrogen) atoms. The number of nitrogens with zero attached hydrogens (tertiary/aromatic N) is 3. The van der Waals surface area contributed by atoms with Crippen molar-refractivity contribution in [2.45, 2.75) is 40.2 Å². The van der Waals surface area contributed by atoms with Crippen LogP contribution < -0.4 is 15.0 Å². The molecule has 7 heteroatoms. The Balaban J connectivity index is 1.46. The van der Waals surface area contributed by atoms with Crippen LogP contribution in [0.3, 0.4) is 0 Å². The number of benzene rings is 1. The maximum atomic E-state index is 12.9. The molecular weight excluding hydrogens is 380 g/mol. The van der Waals surface area contributed by atoms with Crippen molar-refractivity contribution in [3.05, 3.63) is 47.5 Å². The van der Waals surface area contributed by atoms with E-state index in [4.69, 9.17) is 9.15 Å². The van der Waals surface area contributed by atoms with Crippen LogP contribution in [0.15, 0.2) is 35.0 Å². The molecule has 2 aromatic heterocycles. The van der Waals surface area contributed by atoms with Crippen LogP contribution in [0.25, 0.3) is 11.1 Å². The molecule has 0 unspecified atom stereocenters. The van der Waals surface area contributed by atoms with Crippen molar-refractivity contribution in [1.29, 1.82) is 0 Å². The molecule has 0 radical (unpaired) electrons. The van der Waals surface area contributed by atoms with Crippen LogP contribution in [0.4, 0.5) is 5.82 Å². The maximum Gasteiger partial charge on any atom is 0.231 e. The molecule has 1 saturated heterocycles. The van der Waals surface area contributed by atoms with Gasteiger partial charge in [0, 0.05) is 30.8 Å². The normalized spacial score (nSPS) is 16.6. The zero-order valence-electron chi connectivity index (χ0n) is 17.8. The summed E-state index contributed by atoms with van der Waals surface area (Å²) in [7, 11) is 0. The minimum absolute atomic E-state index is 0.0661. The number of ether oxygens (including phenoxy) is 1. The Labute approximate surface area is 176 Å². The number of furan rings is 1. The number of carbonyl (C=O) groups excluding carboxylic acids is 1. The molecule has 3 aromatic rings. The second-order valence-electron chi connectivity index (χ2n) is 7.70. The lowest BCUT2D eigenvalue weighted by atomic mass is 9.96. The van der Waals surface area contributed by atoms with Gasteiger partial charge in [0.25, 0.3) is 0 Å². The predicted molar refractivity (Wildman–Crippen MR) is 116 cm³/mol. The number of para-hydroxylation sites is 1. The topological polar surface area (TPSA) is 80.5 Å². The fraction of sp³-hybridized carbons (Fsp3) is 0.435. The molecule has 0 saturated carbocycles. The van der Waals surface area contributed by atoms with Crippen molar-refractivity contribution in [2.75, 3.05) is 24.6 Å². The zero-order chi connectivity index (χ0) is 21.1. The molecular formula is C23H28N4O3. The van der Waals surface area contributed by atoms with E-state index < -0.39 is 0 Å². The van der Waals surface area contributed by atoms with Crippen molar-refractivity contribution in [2.24, 2.45) is 5.92 Å². The zero-order valence-corrected chi connectivity index (χ0v) is 17.8. The summed E-state index contributed by atoms with van der Waals surface area (Å²) in [6, 6.07) is 7.82. The summed E-state index contributed by atoms with van der Waals surface area (Å²) < 4.78 is 11.4. The average Bonchev–Trinajstić information content (AvgIpc) is 3.07. The van der Waals surface area contributed by atoms with E-state index in [1.165, 1.54) is 6.33 Å². The second kappa shape index (κ2) is 8.73. The first-order chi connectivity index (χ1) is 14.6. The van der Waals surface area contributed by atoms with Gasteiger partial charge >= 0.3 is 0 Å². The van der Waals surface area contributed by atoms with Crippen LogP contribution in [-0.4, -0.2) is 35.6 Å². The number of hydrogen-bond donors (Lipinski definition) is 1. The fourth-order valence-corrected chi connectivity index (χ4v) is 4.06. The van der Waals surface area contributed by atoms with Gasteiger partial charge in [-0.05, 0) is 39.7 Å². The van der Waals surface area contributed by atoms with Gasteiger partial charge in [-0.3, -0.25) is 4.79 Å². The molecule has 1 aliphatic heterocycles. The van der Waals surface area contributed by atoms with E-state index in [1.54, 1.807) is 0 Å². The molecule has 4 rings (SSSR count). The van der Waals surface area contributed by atoms with Crippen molar-refractivity contribution in [3.63, 3.8) is 0 Å². The largest absolute Gasteiger partial charge is 0.494 e. The molecule has 7 nitrogen and oxygen atoms in total. The molecule has 1 aromatic carbocycles. The van der Waals surface area contributed by atoms with E-state index in [2.05, 4.69) is 20.2 Å². The fourth-order valence-electron chi connectivity index (χ4n) is 4.06. The maximum absolute atomic E-state index is 12.9. The summed E-state index contributed by atoms with van der Waals surface area (Å²) in [5, 5.41) is 4.04. The van der Waals surface area contributed by atoms with Crippen LogP contribution in [0.1, 0.15) is 36.7 Å². The second-order valence-corrected chi connectivity index (χ2v) is 7.70. The summed E-state index contributed by atoms with van der Waals surface area (Å²) in [5.41, 5.74) is 2.65. The summed E-state index contributed by atoms with van der Waals surface area (Å²) in [5.74, 6) is 2.51. The molecule has 1 atom stereocenters. The Kier molecular flexibility index (Phi) is 5.88. The van der Waals surface area contributed by atoms with Crippen molar-refractivity contribution >= 4 is 22.8 Å². The van der Waals surface area contributed by atoms with Gasteiger partial charge in [-0.1, -0.05) is 18.2 Å². The first-order valence-corrected chi connectivity index (χ1v) is 10.5. The van der Waals surface area contributed by atoms with Crippen LogP contribution in [0, 0.1) is 19.8 Å². The smallest absolute Gasteiger partial charge is 0.231 e. The standard InChI is InChI=1S/C23H28N4O3/c1-4-29-19-10-6-5-8-17(19)12-24-22(28)18-9-7-11-27(13-18)21-20-15(2)16(3)30-23(20)26-14-25-21/h5-6,8,10,14,18H,4,7,9,11-13H2,1-3H3,(H,24,28)/t18-/m1/s1. The molecule has 158 valence electrons. The number of aromatic nitrogens is 2. The highest BCUT2D eigenvalue weighted by atomic mass is 16.5. The minimum Gasteiger partial charge on any atom is -0.494 e. The van der Waals surface area contributed by atoms with Gasteiger partial charge in [0.2, 0.25) is 11.6 Å². The SMILES string of the molecule is CCOc1ccccc1CNC(=O)[C@@H]1CCCN(c2ncnc3oc(C)c(C)c23)C1. The Bertz CT molecular complexity index is 1050. The van der Waals surface area contributed by atoms with Gasteiger partial charge in [0.15, 0.2) is 0 Å². The first kappa shape index (κ1) is 20.2. The number of carbonyl (C=O) groups is 1. The lowest BCUT2D eigenvalue weighted by Gasteiger charge is -2.33. The van der Waals surface area contributed by atoms with E-state index in [0.29, 0.717) is 25.4 Å². The first-order valence-electron chi connectivity index (χ1n) is 10.5. The molecule has 1 N–H and O–H groups in total. The van der Waals surface area contributed by atoms with E-state index in [9.17, 15) is 4.79 Å². The number of piperidine rings is 1. The molecule has 1 amide bonds. The third kappa shape index (κ3) is 3.97. The highest BCUT2D eigenvalue weighted by Crippen LogP contribution is 2.32. The Morgan fingerprint density at radius 2 is 2.13 bits per heavy atom. The van der Waals surface area contributed by atoms with E-state index >= 15 is 0 Å². The van der Waals surface area contributed by atoms with Gasteiger partial charge in [-0.2, -0.15) is 0 Å². The van der Waals surface area contributed by atoms with E-state index in [0.717, 1.165) is 53.2 Å². The molecule has 0 bridgehead atoms. The van der Waals surface area contributed by atoms with Crippen LogP contribution in [-0.2, 0) is 11.3 Å². The summed E-state index contributed by atoms with van der Waals surface area (Å²) >= 11 is 0. The highest BCUT2D eigenvalue weighted by molar-refractivity contribution is 5.90. The number of aryl methyl sites for hydroxylation is 2. The number of amides is 1. The number of anilines is 1. The van der Waals surface area contributed by atoms with Crippen LogP contribution in [0.2, 0.25) is 0 Å². The Hall–Kier alpha value is -3.09. The lowest BCUT2D eigenvalue weighted by molar-refractivity contribution is -0.125. The molecule has 0 aliphatic carbocycles. The molecule has 1 fully saturated rings. The molecule has 3 heterocycles. The number of nitrogens with one attached hydrogen (secondary N) is 1. The number of rotatable bonds is 6. The van der Waals surface area contributed by atoms with Crippen molar-refractivity contribution < 1.29 is 13.9 Å². The van der Waals surface area contributed by atoms with Gasteiger partial charge in [0.05, 0.1) is 17.9 Å². The monoisotopic (exact) mass is 408 g/mol. The Morgan fingerprint density at radius 3 is 2.97 bits per heavy atom. The summed E-state index contributed by atoms with van der Waals surface area (Å²) in [4.78, 5) is 23.9. The third-order valence-corrected chi connectivity index (χ3v) is 5.76. The van der Waals surface area contributed by atoms with Crippen LogP contribution >= 0.6 is 0 Å². The number of hydrogen-bond acceptors (Lipinski definition) is 6. The summed E-state index contributed by atoms with van der Waals surface area (Å²) in [6.07, 6.45) is 3.34. The lowest BCUT2D eigenvalue weighted by Crippen LogP contribution is -2.43. The van der Waals surface area contributed by atoms with Gasteiger partial charge < -0.3 is 19.4 Å². The average molecular weight is 409 g/mol. The van der Waals surface area contributed by atoms with Gasteiger partial charge in [0.1, 0.15) is 23.7 Å². The Morgan fingerprint density at radius 1 is 1.30 bits per heavy atom. The predicted octanol–water partition coefficient (Wildman–Crippen LogP) is 3.77. The van der Waals surface area contributed by atoms with E-state index in [-0.39, 0.29) is 11.8 Å². The van der Waals surface area contributed by atoms with Gasteiger partial charge in [-0.25, -0.2) is 9.97 Å². The molecule has 1 aliphatic rings. The van der Waals surface area contributed by atoms with E-state index in [1.807, 2.05) is 45.0 Å². The van der Waals surface area contributed by atoms with Crippen molar-refractivity contribution in [1.82, 2.24) is 15.3 Å². The minimum atomic E-state index is -0.0867. The van der Waals surface area contributed by atoms with Crippen LogP contribution in [0.5, 0.6) is 5.75 Å².